The van der Waals surface area contributed by atoms with Crippen LogP contribution in [0.25, 0.3) is 6.08 Å². The summed E-state index contributed by atoms with van der Waals surface area (Å²) in [4.78, 5) is 0. The van der Waals surface area contributed by atoms with Crippen molar-refractivity contribution < 1.29 is 0 Å². The molecule has 0 fully saturated rings. The highest BCUT2D eigenvalue weighted by molar-refractivity contribution is 5.50. The van der Waals surface area contributed by atoms with Crippen LogP contribution in [0.2, 0.25) is 0 Å². The molecule has 12 heavy (non-hydrogen) atoms. The van der Waals surface area contributed by atoms with Crippen molar-refractivity contribution in [2.75, 3.05) is 6.54 Å². The molecule has 0 saturated heterocycles. The molecule has 0 unspecified atom stereocenters. The van der Waals surface area contributed by atoms with Crippen LogP contribution in [0.1, 0.15) is 17.7 Å². The summed E-state index contributed by atoms with van der Waals surface area (Å²) in [5.41, 5.74) is 7.60. The third-order valence-corrected chi connectivity index (χ3v) is 1.68. The Bertz CT molecular complexity index is 273. The Labute approximate surface area is 72.9 Å². The number of hydrogen-bond acceptors (Lipinski definition) is 2. The van der Waals surface area contributed by atoms with Gasteiger partial charge >= 0.3 is 0 Å². The van der Waals surface area contributed by atoms with E-state index < -0.39 is 0 Å². The van der Waals surface area contributed by atoms with E-state index in [9.17, 15) is 0 Å². The zero-order valence-electron chi connectivity index (χ0n) is 7.62. The predicted molar refractivity (Wildman–Crippen MR) is 50.7 cm³/mol. The largest absolute Gasteiger partial charge is 0.330 e. The van der Waals surface area contributed by atoms with Crippen LogP contribution in [0.4, 0.5) is 0 Å². The van der Waals surface area contributed by atoms with Gasteiger partial charge in [0.25, 0.3) is 0 Å². The summed E-state index contributed by atoms with van der Waals surface area (Å²) in [7, 11) is 1.92. The maximum absolute atomic E-state index is 5.36. The Balaban J connectivity index is 2.68. The molecule has 0 atom stereocenters. The van der Waals surface area contributed by atoms with Gasteiger partial charge in [-0.05, 0) is 19.9 Å². The maximum Gasteiger partial charge on any atom is 0.0665 e. The molecule has 3 heteroatoms. The molecular formula is C9H15N3. The van der Waals surface area contributed by atoms with Gasteiger partial charge in [0.1, 0.15) is 0 Å². The Hall–Kier alpha value is -1.09. The van der Waals surface area contributed by atoms with Crippen LogP contribution in [-0.2, 0) is 7.05 Å². The molecule has 0 radical (unpaired) electrons. The molecule has 0 aliphatic carbocycles. The van der Waals surface area contributed by atoms with Gasteiger partial charge < -0.3 is 5.73 Å². The number of nitrogens with zero attached hydrogens (tertiary/aromatic N) is 2. The monoisotopic (exact) mass is 165 g/mol. The van der Waals surface area contributed by atoms with Crippen LogP contribution in [-0.4, -0.2) is 16.3 Å². The van der Waals surface area contributed by atoms with Gasteiger partial charge in [0.2, 0.25) is 0 Å². The lowest BCUT2D eigenvalue weighted by atomic mass is 10.2. The van der Waals surface area contributed by atoms with E-state index in [2.05, 4.69) is 17.3 Å². The predicted octanol–water partition coefficient (Wildman–Crippen LogP) is 1.09. The Morgan fingerprint density at radius 1 is 1.67 bits per heavy atom. The van der Waals surface area contributed by atoms with Crippen molar-refractivity contribution in [1.29, 1.82) is 0 Å². The van der Waals surface area contributed by atoms with Crippen molar-refractivity contribution in [3.05, 3.63) is 23.5 Å². The van der Waals surface area contributed by atoms with Gasteiger partial charge in [-0.2, -0.15) is 5.10 Å². The Kier molecular flexibility index (Phi) is 3.05. The van der Waals surface area contributed by atoms with Crippen LogP contribution in [0.3, 0.4) is 0 Å². The zero-order valence-corrected chi connectivity index (χ0v) is 7.62. The number of nitrogens with two attached hydrogens (primary N) is 1. The topological polar surface area (TPSA) is 43.8 Å². The first-order valence-electron chi connectivity index (χ1n) is 4.11. The molecule has 1 rings (SSSR count). The molecule has 0 amide bonds. The number of rotatable bonds is 3. The van der Waals surface area contributed by atoms with E-state index in [4.69, 9.17) is 5.73 Å². The van der Waals surface area contributed by atoms with E-state index >= 15 is 0 Å². The lowest BCUT2D eigenvalue weighted by molar-refractivity contribution is 0.756. The van der Waals surface area contributed by atoms with Crippen LogP contribution in [0.15, 0.2) is 12.3 Å². The van der Waals surface area contributed by atoms with Gasteiger partial charge in [0, 0.05) is 18.8 Å². The minimum Gasteiger partial charge on any atom is -0.330 e. The highest BCUT2D eigenvalue weighted by Crippen LogP contribution is 2.06. The van der Waals surface area contributed by atoms with Crippen molar-refractivity contribution in [3.63, 3.8) is 0 Å². The first kappa shape index (κ1) is 9.00. The zero-order chi connectivity index (χ0) is 8.97. The molecule has 2 N–H and O–H groups in total. The molecule has 0 spiro atoms. The van der Waals surface area contributed by atoms with Crippen molar-refractivity contribution in [3.8, 4) is 0 Å². The number of aromatic nitrogens is 2. The quantitative estimate of drug-likeness (QED) is 0.728. The van der Waals surface area contributed by atoms with Gasteiger partial charge in [-0.3, -0.25) is 4.68 Å². The van der Waals surface area contributed by atoms with Gasteiger partial charge in [-0.1, -0.05) is 12.2 Å². The van der Waals surface area contributed by atoms with Crippen LogP contribution in [0.5, 0.6) is 0 Å². The number of hydrogen-bond donors (Lipinski definition) is 1. The van der Waals surface area contributed by atoms with Crippen molar-refractivity contribution >= 4 is 6.08 Å². The molecule has 1 heterocycles. The molecule has 0 aliphatic rings. The molecule has 3 nitrogen and oxygen atoms in total. The molecule has 0 saturated carbocycles. The fourth-order valence-electron chi connectivity index (χ4n) is 1.09. The molecule has 1 aromatic rings. The highest BCUT2D eigenvalue weighted by Gasteiger charge is 1.96. The average Bonchev–Trinajstić information content (AvgIpc) is 2.31. The van der Waals surface area contributed by atoms with E-state index in [0.717, 1.165) is 12.1 Å². The third kappa shape index (κ3) is 2.20. The van der Waals surface area contributed by atoms with E-state index in [1.54, 1.807) is 0 Å². The second-order valence-corrected chi connectivity index (χ2v) is 2.82. The minimum absolute atomic E-state index is 0.704. The third-order valence-electron chi connectivity index (χ3n) is 1.68. The Morgan fingerprint density at radius 2 is 2.42 bits per heavy atom. The molecule has 0 aliphatic heterocycles. The SMILES string of the molecule is Cc1nn(C)cc1/C=C/CCN. The molecule has 66 valence electrons. The van der Waals surface area contributed by atoms with E-state index in [1.165, 1.54) is 5.56 Å². The van der Waals surface area contributed by atoms with E-state index in [0.29, 0.717) is 6.54 Å². The molecule has 0 bridgehead atoms. The van der Waals surface area contributed by atoms with Crippen molar-refractivity contribution in [1.82, 2.24) is 9.78 Å². The first-order chi connectivity index (χ1) is 5.74. The van der Waals surface area contributed by atoms with Crippen molar-refractivity contribution in [2.45, 2.75) is 13.3 Å². The lowest BCUT2D eigenvalue weighted by Crippen LogP contribution is -1.94. The van der Waals surface area contributed by atoms with E-state index in [1.807, 2.05) is 24.9 Å². The average molecular weight is 165 g/mol. The van der Waals surface area contributed by atoms with Crippen LogP contribution in [0, 0.1) is 6.92 Å². The summed E-state index contributed by atoms with van der Waals surface area (Å²) in [6, 6.07) is 0. The maximum atomic E-state index is 5.36. The normalized spacial score (nSPS) is 11.2. The minimum atomic E-state index is 0.704. The summed E-state index contributed by atoms with van der Waals surface area (Å²) < 4.78 is 1.82. The lowest BCUT2D eigenvalue weighted by Gasteiger charge is -1.86. The van der Waals surface area contributed by atoms with Crippen LogP contribution >= 0.6 is 0 Å². The number of aryl methyl sites for hydroxylation is 2. The summed E-state index contributed by atoms with van der Waals surface area (Å²) in [6.45, 7) is 2.71. The van der Waals surface area contributed by atoms with Gasteiger partial charge in [0.15, 0.2) is 0 Å². The van der Waals surface area contributed by atoms with E-state index in [-0.39, 0.29) is 0 Å². The second-order valence-electron chi connectivity index (χ2n) is 2.82. The molecule has 0 aromatic carbocycles. The smallest absolute Gasteiger partial charge is 0.0665 e. The summed E-state index contributed by atoms with van der Waals surface area (Å²) in [5, 5.41) is 4.22. The first-order valence-corrected chi connectivity index (χ1v) is 4.11. The fraction of sp³-hybridized carbons (Fsp3) is 0.444. The summed E-state index contributed by atoms with van der Waals surface area (Å²) >= 11 is 0. The van der Waals surface area contributed by atoms with Crippen LogP contribution < -0.4 is 5.73 Å². The fourth-order valence-corrected chi connectivity index (χ4v) is 1.09. The van der Waals surface area contributed by atoms with Gasteiger partial charge in [-0.25, -0.2) is 0 Å². The summed E-state index contributed by atoms with van der Waals surface area (Å²) in [5.74, 6) is 0. The van der Waals surface area contributed by atoms with Gasteiger partial charge in [-0.15, -0.1) is 0 Å². The molecular weight excluding hydrogens is 150 g/mol. The van der Waals surface area contributed by atoms with Gasteiger partial charge in [0.05, 0.1) is 5.69 Å². The molecule has 1 aromatic heterocycles. The Morgan fingerprint density at radius 3 is 2.92 bits per heavy atom. The second kappa shape index (κ2) is 4.07. The summed E-state index contributed by atoms with van der Waals surface area (Å²) in [6.07, 6.45) is 7.07. The van der Waals surface area contributed by atoms with Crippen molar-refractivity contribution in [2.24, 2.45) is 12.8 Å². The standard InChI is InChI=1S/C9H15N3/c1-8-9(5-3-4-6-10)7-12(2)11-8/h3,5,7H,4,6,10H2,1-2H3/b5-3+. The highest BCUT2D eigenvalue weighted by atomic mass is 15.2.